The van der Waals surface area contributed by atoms with Gasteiger partial charge in [-0.15, -0.1) is 0 Å². The summed E-state index contributed by atoms with van der Waals surface area (Å²) in [5.41, 5.74) is 0.427. The molecule has 0 aliphatic heterocycles. The molecule has 0 bridgehead atoms. The number of esters is 4. The highest BCUT2D eigenvalue weighted by Crippen LogP contribution is 2.42. The lowest BCUT2D eigenvalue weighted by Gasteiger charge is -2.16. The average molecular weight is 464 g/mol. The number of hydrogen-bond acceptors (Lipinski definition) is 8. The lowest BCUT2D eigenvalue weighted by atomic mass is 10.1. The summed E-state index contributed by atoms with van der Waals surface area (Å²) in [5.74, 6) is -3.51. The highest BCUT2D eigenvalue weighted by molar-refractivity contribution is 6.00. The third kappa shape index (κ3) is 6.07. The Kier molecular flexibility index (Phi) is 7.92. The highest BCUT2D eigenvalue weighted by atomic mass is 16.6. The Labute approximate surface area is 196 Å². The van der Waals surface area contributed by atoms with Crippen LogP contribution < -0.4 is 18.9 Å². The van der Waals surface area contributed by atoms with Gasteiger partial charge in [-0.1, -0.05) is 32.4 Å². The number of carbonyl (C=O) groups excluding carboxylic acids is 4. The molecule has 0 amide bonds. The molecule has 2 rings (SSSR count). The Morgan fingerprint density at radius 2 is 0.941 bits per heavy atom. The first-order valence-corrected chi connectivity index (χ1v) is 9.93. The van der Waals surface area contributed by atoms with Gasteiger partial charge in [0.15, 0.2) is 23.0 Å². The van der Waals surface area contributed by atoms with Gasteiger partial charge in [0, 0.05) is 27.7 Å². The van der Waals surface area contributed by atoms with E-state index < -0.39 is 23.9 Å². The van der Waals surface area contributed by atoms with Crippen molar-refractivity contribution in [2.45, 2.75) is 27.7 Å². The molecule has 0 aliphatic carbocycles. The van der Waals surface area contributed by atoms with Gasteiger partial charge in [-0.25, -0.2) is 19.2 Å². The number of fused-ring (bicyclic) bond motifs is 1. The first-order valence-electron chi connectivity index (χ1n) is 9.93. The second-order valence-electron chi connectivity index (χ2n) is 7.59. The van der Waals surface area contributed by atoms with E-state index in [9.17, 15) is 19.2 Å². The summed E-state index contributed by atoms with van der Waals surface area (Å²) < 4.78 is 21.4. The van der Waals surface area contributed by atoms with Crippen LogP contribution in [0.3, 0.4) is 0 Å². The maximum absolute atomic E-state index is 12.3. The lowest BCUT2D eigenvalue weighted by Crippen LogP contribution is -2.14. The van der Waals surface area contributed by atoms with Crippen LogP contribution in [0.4, 0.5) is 0 Å². The van der Waals surface area contributed by atoms with Crippen molar-refractivity contribution in [3.05, 3.63) is 72.9 Å². The van der Waals surface area contributed by atoms with Crippen molar-refractivity contribution in [3.8, 4) is 23.0 Å². The molecule has 176 valence electrons. The van der Waals surface area contributed by atoms with Gasteiger partial charge in [0.05, 0.1) is 0 Å². The van der Waals surface area contributed by atoms with E-state index in [1.165, 1.54) is 52.0 Å². The van der Waals surface area contributed by atoms with E-state index in [4.69, 9.17) is 18.9 Å². The van der Waals surface area contributed by atoms with Gasteiger partial charge in [-0.3, -0.25) is 0 Å². The van der Waals surface area contributed by atoms with Crippen molar-refractivity contribution in [2.75, 3.05) is 0 Å². The van der Waals surface area contributed by atoms with Crippen LogP contribution in [0.25, 0.3) is 10.8 Å². The zero-order chi connectivity index (χ0) is 25.7. The van der Waals surface area contributed by atoms with Crippen LogP contribution in [0, 0.1) is 0 Å². The van der Waals surface area contributed by atoms with Gasteiger partial charge in [-0.2, -0.15) is 0 Å². The normalized spacial score (nSPS) is 10.1. The quantitative estimate of drug-likeness (QED) is 0.313. The van der Waals surface area contributed by atoms with E-state index in [0.29, 0.717) is 5.39 Å². The summed E-state index contributed by atoms with van der Waals surface area (Å²) in [4.78, 5) is 48.8. The van der Waals surface area contributed by atoms with E-state index in [-0.39, 0.29) is 50.7 Å². The SMILES string of the molecule is C=C(C)C(=O)Oc1cc2ccc(OC(=O)C(=C)C)c(OC(=O)C(=C)C)c2cc1OC(=O)C(=C)C. The molecule has 0 radical (unpaired) electrons. The smallest absolute Gasteiger partial charge is 0.338 e. The molecule has 0 aliphatic rings. The van der Waals surface area contributed by atoms with Crippen LogP contribution in [0.15, 0.2) is 72.9 Å². The molecule has 0 unspecified atom stereocenters. The molecule has 8 nitrogen and oxygen atoms in total. The van der Waals surface area contributed by atoms with E-state index in [1.807, 2.05) is 0 Å². The van der Waals surface area contributed by atoms with Crippen molar-refractivity contribution in [3.63, 3.8) is 0 Å². The molecule has 0 aromatic heterocycles. The number of ether oxygens (including phenoxy) is 4. The van der Waals surface area contributed by atoms with Crippen LogP contribution in [0.5, 0.6) is 23.0 Å². The van der Waals surface area contributed by atoms with Gasteiger partial charge < -0.3 is 18.9 Å². The van der Waals surface area contributed by atoms with Crippen LogP contribution >= 0.6 is 0 Å². The molecule has 8 heteroatoms. The molecular formula is C26H24O8. The summed E-state index contributed by atoms with van der Waals surface area (Å²) in [6, 6.07) is 5.65. The second kappa shape index (κ2) is 10.4. The minimum atomic E-state index is -0.780. The standard InChI is InChI=1S/C26H24O8/c1-13(2)23(27)31-19-10-9-17-11-20(32-24(28)14(3)4)21(33-25(29)15(5)6)12-18(17)22(19)34-26(30)16(7)8/h9-12H,1,3,5,7H2,2,4,6,8H3. The fraction of sp³-hybridized carbons (Fsp3) is 0.154. The van der Waals surface area contributed by atoms with Crippen molar-refractivity contribution < 1.29 is 38.1 Å². The minimum Gasteiger partial charge on any atom is -0.419 e. The summed E-state index contributed by atoms with van der Waals surface area (Å²) >= 11 is 0. The largest absolute Gasteiger partial charge is 0.419 e. The predicted octanol–water partition coefficient (Wildman–Crippen LogP) is 4.77. The predicted molar refractivity (Wildman–Crippen MR) is 126 cm³/mol. The third-order valence-corrected chi connectivity index (χ3v) is 4.20. The Balaban J connectivity index is 2.79. The van der Waals surface area contributed by atoms with Gasteiger partial charge in [0.25, 0.3) is 0 Å². The molecule has 0 saturated heterocycles. The Bertz CT molecular complexity index is 1250. The minimum absolute atomic E-state index is 0.0843. The maximum atomic E-state index is 12.3. The van der Waals surface area contributed by atoms with Gasteiger partial charge in [-0.05, 0) is 51.3 Å². The van der Waals surface area contributed by atoms with Crippen LogP contribution in [0.2, 0.25) is 0 Å². The fourth-order valence-corrected chi connectivity index (χ4v) is 2.37. The summed E-state index contributed by atoms with van der Waals surface area (Å²) in [6.07, 6.45) is 0. The average Bonchev–Trinajstić information content (AvgIpc) is 2.75. The van der Waals surface area contributed by atoms with E-state index in [1.54, 1.807) is 0 Å². The Morgan fingerprint density at radius 1 is 0.559 bits per heavy atom. The Morgan fingerprint density at radius 3 is 1.38 bits per heavy atom. The zero-order valence-electron chi connectivity index (χ0n) is 19.4. The lowest BCUT2D eigenvalue weighted by molar-refractivity contribution is -0.132. The first kappa shape index (κ1) is 25.8. The summed E-state index contributed by atoms with van der Waals surface area (Å²) in [6.45, 7) is 19.9. The number of rotatable bonds is 8. The number of hydrogen-bond donors (Lipinski definition) is 0. The number of benzene rings is 2. The topological polar surface area (TPSA) is 105 Å². The first-order chi connectivity index (χ1) is 15.8. The van der Waals surface area contributed by atoms with Crippen LogP contribution in [-0.4, -0.2) is 23.9 Å². The number of carbonyl (C=O) groups is 4. The molecule has 0 fully saturated rings. The van der Waals surface area contributed by atoms with Crippen LogP contribution in [0.1, 0.15) is 27.7 Å². The molecule has 2 aromatic carbocycles. The second-order valence-corrected chi connectivity index (χ2v) is 7.59. The molecule has 0 atom stereocenters. The molecule has 0 saturated carbocycles. The van der Waals surface area contributed by atoms with Gasteiger partial charge >= 0.3 is 23.9 Å². The molecular weight excluding hydrogens is 440 g/mol. The van der Waals surface area contributed by atoms with Crippen LogP contribution in [-0.2, 0) is 19.2 Å². The summed E-state index contributed by atoms with van der Waals surface area (Å²) in [7, 11) is 0. The molecule has 0 N–H and O–H groups in total. The van der Waals surface area contributed by atoms with Crippen molar-refractivity contribution >= 4 is 34.6 Å². The highest BCUT2D eigenvalue weighted by Gasteiger charge is 2.22. The van der Waals surface area contributed by atoms with Gasteiger partial charge in [0.2, 0.25) is 0 Å². The summed E-state index contributed by atoms with van der Waals surface area (Å²) in [5, 5.41) is 0.639. The fourth-order valence-electron chi connectivity index (χ4n) is 2.37. The molecule has 0 spiro atoms. The van der Waals surface area contributed by atoms with E-state index in [2.05, 4.69) is 26.3 Å². The molecule has 2 aromatic rings. The molecule has 0 heterocycles. The zero-order valence-corrected chi connectivity index (χ0v) is 19.4. The van der Waals surface area contributed by atoms with Crippen molar-refractivity contribution in [1.29, 1.82) is 0 Å². The maximum Gasteiger partial charge on any atom is 0.338 e. The van der Waals surface area contributed by atoms with E-state index >= 15 is 0 Å². The third-order valence-electron chi connectivity index (χ3n) is 4.20. The van der Waals surface area contributed by atoms with Crippen molar-refractivity contribution in [1.82, 2.24) is 0 Å². The monoisotopic (exact) mass is 464 g/mol. The Hall–Kier alpha value is -4.46. The van der Waals surface area contributed by atoms with E-state index in [0.717, 1.165) is 0 Å². The molecule has 34 heavy (non-hydrogen) atoms. The van der Waals surface area contributed by atoms with Gasteiger partial charge in [0.1, 0.15) is 0 Å². The van der Waals surface area contributed by atoms with Crippen molar-refractivity contribution in [2.24, 2.45) is 0 Å².